The zero-order valence-corrected chi connectivity index (χ0v) is 13.4. The van der Waals surface area contributed by atoms with Gasteiger partial charge in [-0.25, -0.2) is 0 Å². The summed E-state index contributed by atoms with van der Waals surface area (Å²) in [4.78, 5) is 12.3. The highest BCUT2D eigenvalue weighted by molar-refractivity contribution is 6.10. The number of rotatable bonds is 5. The lowest BCUT2D eigenvalue weighted by Crippen LogP contribution is -2.00. The molecule has 0 saturated heterocycles. The van der Waals surface area contributed by atoms with Crippen LogP contribution in [0.5, 0.6) is 11.5 Å². The van der Waals surface area contributed by atoms with Gasteiger partial charge in [0.05, 0.1) is 25.9 Å². The van der Waals surface area contributed by atoms with Crippen molar-refractivity contribution in [3.05, 3.63) is 59.9 Å². The Morgan fingerprint density at radius 1 is 1.17 bits per heavy atom. The third-order valence-electron chi connectivity index (χ3n) is 3.75. The molecule has 5 nitrogen and oxygen atoms in total. The number of methoxy groups -OCH3 is 2. The number of para-hydroxylation sites is 1. The molecular weight excluding hydrogens is 306 g/mol. The average Bonchev–Trinajstić information content (AvgIpc) is 3.08. The number of nitrogen functional groups attached to an aromatic ring is 1. The number of fused-ring (bicyclic) bond motifs is 1. The van der Waals surface area contributed by atoms with E-state index in [0.29, 0.717) is 33.9 Å². The van der Waals surface area contributed by atoms with Gasteiger partial charge in [0.15, 0.2) is 17.1 Å². The second-order valence-corrected chi connectivity index (χ2v) is 5.15. The molecule has 0 aliphatic heterocycles. The van der Waals surface area contributed by atoms with Gasteiger partial charge in [-0.3, -0.25) is 4.79 Å². The molecule has 0 radical (unpaired) electrons. The fourth-order valence-electron chi connectivity index (χ4n) is 2.59. The molecule has 0 unspecified atom stereocenters. The van der Waals surface area contributed by atoms with Gasteiger partial charge in [0.25, 0.3) is 0 Å². The molecule has 3 aromatic rings. The number of benzene rings is 2. The summed E-state index contributed by atoms with van der Waals surface area (Å²) in [5.41, 5.74) is 8.07. The van der Waals surface area contributed by atoms with Crippen molar-refractivity contribution >= 4 is 28.5 Å². The first-order valence-electron chi connectivity index (χ1n) is 7.34. The molecule has 0 aliphatic rings. The van der Waals surface area contributed by atoms with E-state index >= 15 is 0 Å². The number of carbonyl (C=O) groups is 1. The number of ketones is 1. The lowest BCUT2D eigenvalue weighted by Gasteiger charge is -2.09. The molecule has 0 amide bonds. The summed E-state index contributed by atoms with van der Waals surface area (Å²) < 4.78 is 16.3. The number of anilines is 1. The highest BCUT2D eigenvalue weighted by Crippen LogP contribution is 2.38. The van der Waals surface area contributed by atoms with Crippen molar-refractivity contribution in [2.24, 2.45) is 0 Å². The third-order valence-corrected chi connectivity index (χ3v) is 3.75. The molecule has 0 atom stereocenters. The van der Waals surface area contributed by atoms with Crippen molar-refractivity contribution in [2.75, 3.05) is 20.0 Å². The van der Waals surface area contributed by atoms with Crippen molar-refractivity contribution in [1.82, 2.24) is 0 Å². The van der Waals surface area contributed by atoms with Gasteiger partial charge in [0.2, 0.25) is 0 Å². The van der Waals surface area contributed by atoms with Crippen molar-refractivity contribution in [3.63, 3.8) is 0 Å². The van der Waals surface area contributed by atoms with Crippen LogP contribution in [0.4, 0.5) is 5.69 Å². The number of ether oxygens (including phenoxy) is 2. The minimum absolute atomic E-state index is 0.179. The lowest BCUT2D eigenvalue weighted by atomic mass is 10.1. The highest BCUT2D eigenvalue weighted by atomic mass is 16.5. The molecule has 3 rings (SSSR count). The molecule has 2 N–H and O–H groups in total. The van der Waals surface area contributed by atoms with Crippen LogP contribution in [-0.2, 0) is 0 Å². The normalized spacial score (nSPS) is 11.1. The molecule has 0 bridgehead atoms. The first-order chi connectivity index (χ1) is 11.7. The van der Waals surface area contributed by atoms with E-state index in [2.05, 4.69) is 0 Å². The first kappa shape index (κ1) is 15.7. The van der Waals surface area contributed by atoms with Crippen LogP contribution in [0.15, 0.2) is 53.2 Å². The number of allylic oxidation sites excluding steroid dienone is 1. The van der Waals surface area contributed by atoms with Crippen molar-refractivity contribution in [1.29, 1.82) is 0 Å². The maximum Gasteiger partial charge on any atom is 0.187 e. The summed E-state index contributed by atoms with van der Waals surface area (Å²) in [5.74, 6) is 1.01. The number of carbonyl (C=O) groups excluding carboxylic acids is 1. The standard InChI is InChI=1S/C19H17NO4/c1-22-17-11-12(18(23-2)14-9-10-24-19(14)17)7-8-16(21)13-5-3-4-6-15(13)20/h3-11H,20H2,1-2H3/b8-7+. The highest BCUT2D eigenvalue weighted by Gasteiger charge is 2.15. The Bertz CT molecular complexity index is 924. The molecule has 24 heavy (non-hydrogen) atoms. The Labute approximate surface area is 139 Å². The molecule has 0 aliphatic carbocycles. The predicted molar refractivity (Wildman–Crippen MR) is 93.5 cm³/mol. The number of hydrogen-bond donors (Lipinski definition) is 1. The molecule has 0 spiro atoms. The Morgan fingerprint density at radius 3 is 2.67 bits per heavy atom. The van der Waals surface area contributed by atoms with E-state index in [9.17, 15) is 4.79 Å². The van der Waals surface area contributed by atoms with Crippen LogP contribution in [0.25, 0.3) is 17.0 Å². The second-order valence-electron chi connectivity index (χ2n) is 5.15. The second kappa shape index (κ2) is 6.50. The topological polar surface area (TPSA) is 74.7 Å². The first-order valence-corrected chi connectivity index (χ1v) is 7.34. The zero-order valence-electron chi connectivity index (χ0n) is 13.4. The molecular formula is C19H17NO4. The molecule has 0 fully saturated rings. The average molecular weight is 323 g/mol. The minimum atomic E-state index is -0.179. The van der Waals surface area contributed by atoms with Crippen LogP contribution >= 0.6 is 0 Å². The van der Waals surface area contributed by atoms with Gasteiger partial charge in [-0.1, -0.05) is 12.1 Å². The summed E-state index contributed by atoms with van der Waals surface area (Å²) >= 11 is 0. The maximum absolute atomic E-state index is 12.3. The van der Waals surface area contributed by atoms with E-state index in [4.69, 9.17) is 19.6 Å². The lowest BCUT2D eigenvalue weighted by molar-refractivity contribution is 0.104. The van der Waals surface area contributed by atoms with Gasteiger partial charge in [0.1, 0.15) is 5.75 Å². The van der Waals surface area contributed by atoms with Crippen molar-refractivity contribution in [2.45, 2.75) is 0 Å². The Hall–Kier alpha value is -3.21. The smallest absolute Gasteiger partial charge is 0.187 e. The Balaban J connectivity index is 2.03. The fourth-order valence-corrected chi connectivity index (χ4v) is 2.59. The summed E-state index contributed by atoms with van der Waals surface area (Å²) in [6.45, 7) is 0. The predicted octanol–water partition coefficient (Wildman–Crippen LogP) is 3.93. The maximum atomic E-state index is 12.3. The van der Waals surface area contributed by atoms with Crippen LogP contribution in [0, 0.1) is 0 Å². The largest absolute Gasteiger partial charge is 0.495 e. The summed E-state index contributed by atoms with van der Waals surface area (Å²) in [5, 5.41) is 0.781. The van der Waals surface area contributed by atoms with Gasteiger partial charge < -0.3 is 19.6 Å². The monoisotopic (exact) mass is 323 g/mol. The summed E-state index contributed by atoms with van der Waals surface area (Å²) in [7, 11) is 3.13. The Morgan fingerprint density at radius 2 is 1.96 bits per heavy atom. The Kier molecular flexibility index (Phi) is 4.24. The van der Waals surface area contributed by atoms with Crippen molar-refractivity contribution in [3.8, 4) is 11.5 Å². The molecule has 1 aromatic heterocycles. The number of hydrogen-bond acceptors (Lipinski definition) is 5. The molecule has 0 saturated carbocycles. The summed E-state index contributed by atoms with van der Waals surface area (Å²) in [6.07, 6.45) is 4.72. The van der Waals surface area contributed by atoms with Gasteiger partial charge >= 0.3 is 0 Å². The third kappa shape index (κ3) is 2.72. The SMILES string of the molecule is COc1c(/C=C/C(=O)c2ccccc2N)cc(OC)c2occc12. The van der Waals surface area contributed by atoms with Gasteiger partial charge in [-0.2, -0.15) is 0 Å². The van der Waals surface area contributed by atoms with Crippen LogP contribution in [-0.4, -0.2) is 20.0 Å². The summed E-state index contributed by atoms with van der Waals surface area (Å²) in [6, 6.07) is 10.5. The van der Waals surface area contributed by atoms with Crippen LogP contribution in [0.1, 0.15) is 15.9 Å². The van der Waals surface area contributed by atoms with Crippen LogP contribution in [0.2, 0.25) is 0 Å². The van der Waals surface area contributed by atoms with E-state index in [1.807, 2.05) is 0 Å². The van der Waals surface area contributed by atoms with Crippen LogP contribution < -0.4 is 15.2 Å². The molecule has 1 heterocycles. The minimum Gasteiger partial charge on any atom is -0.495 e. The number of furan rings is 1. The quantitative estimate of drug-likeness (QED) is 0.437. The van der Waals surface area contributed by atoms with Crippen molar-refractivity contribution < 1.29 is 18.7 Å². The number of nitrogens with two attached hydrogens (primary N) is 1. The van der Waals surface area contributed by atoms with Crippen LogP contribution in [0.3, 0.4) is 0 Å². The van der Waals surface area contributed by atoms with E-state index in [-0.39, 0.29) is 5.78 Å². The van der Waals surface area contributed by atoms with E-state index < -0.39 is 0 Å². The molecule has 122 valence electrons. The van der Waals surface area contributed by atoms with E-state index in [1.165, 1.54) is 6.08 Å². The zero-order chi connectivity index (χ0) is 17.1. The van der Waals surface area contributed by atoms with Gasteiger partial charge in [0, 0.05) is 16.8 Å². The van der Waals surface area contributed by atoms with Gasteiger partial charge in [-0.15, -0.1) is 0 Å². The fraction of sp³-hybridized carbons (Fsp3) is 0.105. The molecule has 2 aromatic carbocycles. The van der Waals surface area contributed by atoms with Gasteiger partial charge in [-0.05, 0) is 36.4 Å². The van der Waals surface area contributed by atoms with E-state index in [0.717, 1.165) is 5.39 Å². The van der Waals surface area contributed by atoms with E-state index in [1.54, 1.807) is 63.0 Å². The molecule has 5 heteroatoms.